The van der Waals surface area contributed by atoms with Crippen LogP contribution in [0.1, 0.15) is 240 Å². The number of rotatable bonds is 12. The molecule has 4 aromatic heterocycles. The molecular weight excluding hydrogens is 1770 g/mol. The first-order valence-corrected chi connectivity index (χ1v) is 48.6. The zero-order valence-electron chi connectivity index (χ0n) is 100. The van der Waals surface area contributed by atoms with Gasteiger partial charge in [-0.25, -0.2) is 9.97 Å². The van der Waals surface area contributed by atoms with Gasteiger partial charge in [-0.1, -0.05) is 383 Å². The minimum atomic E-state index is -0.700. The van der Waals surface area contributed by atoms with Crippen LogP contribution in [0.4, 0.5) is 45.5 Å². The standard InChI is InChI=1S/C64H66N4O.C43H48N2O.C21H19BrN2.CH4/c1-61(2,3)44-28-24-42(25-29-44)51-19-17-20-52(43-26-30-45(31-27-43)62(4,5)6)60(51)67-41-66(56-22-15-16-23-57(56)67)48-36-47(64(10,11)12)37-50(39-48)69-49-32-33-54-53-18-13-14-21-55(53)68(58(54)40-49)59-38-46(34-35-65-59)63(7,8)9;1-41(2,3)31-21-17-29(18-22-31)36-13-12-14-37(30-19-23-32(24-20-30)42(4,5)6)40(36)45-28-44(38-15-10-11-16-39(38)45)34-25-33(43(7,8)9)26-35(46)27-34;1-21(2,3)14-10-11-23-20(12-14)24-18-7-5-4-6-16(18)17-13-15(22)8-9-19(17)24;/h13-40H,41H2,1-12H3;10-27,46H,28H2,1-9H3;4-13H,1-3H3;1H4/i24D,25D,26D,27D,28D,29D,30D,31D;17D,18D,19D,20D,21D,22D,23D,24D;;. The molecule has 20 rings (SSSR count). The summed E-state index contributed by atoms with van der Waals surface area (Å²) in [5.41, 5.74) is 13.8. The highest BCUT2D eigenvalue weighted by Crippen LogP contribution is 2.55. The molecule has 0 saturated carbocycles. The Bertz CT molecular complexity index is 8420. The molecule has 2 aliphatic heterocycles. The van der Waals surface area contributed by atoms with Crippen molar-refractivity contribution in [1.82, 2.24) is 19.1 Å². The van der Waals surface area contributed by atoms with Gasteiger partial charge in [-0.15, -0.1) is 0 Å². The molecular formula is C129H137BrN8O2. The number of phenols is 1. The molecule has 6 heterocycles. The molecule has 14 aromatic carbocycles. The number of hydrogen-bond donors (Lipinski definition) is 1. The highest BCUT2D eigenvalue weighted by atomic mass is 79.9. The first-order valence-electron chi connectivity index (χ1n) is 55.8. The van der Waals surface area contributed by atoms with Crippen LogP contribution in [0.2, 0.25) is 0 Å². The molecule has 0 spiro atoms. The molecule has 140 heavy (non-hydrogen) atoms. The summed E-state index contributed by atoms with van der Waals surface area (Å²) < 4.78 is 162. The van der Waals surface area contributed by atoms with Crippen LogP contribution in [0, 0.1) is 0 Å². The monoisotopic (exact) mass is 1930 g/mol. The number of ether oxygens (including phenoxy) is 1. The predicted molar refractivity (Wildman–Crippen MR) is 602 cm³/mol. The van der Waals surface area contributed by atoms with Crippen LogP contribution in [0.3, 0.4) is 0 Å². The summed E-state index contributed by atoms with van der Waals surface area (Å²) >= 11 is 3.60. The van der Waals surface area contributed by atoms with Gasteiger partial charge < -0.3 is 29.4 Å². The quantitative estimate of drug-likeness (QED) is 0.130. The summed E-state index contributed by atoms with van der Waals surface area (Å²) in [6.07, 6.45) is 3.79. The smallest absolute Gasteiger partial charge is 0.137 e. The van der Waals surface area contributed by atoms with Crippen molar-refractivity contribution in [2.24, 2.45) is 0 Å². The highest BCUT2D eigenvalue weighted by molar-refractivity contribution is 9.10. The number of aromatic nitrogens is 4. The summed E-state index contributed by atoms with van der Waals surface area (Å²) in [5, 5.41) is 15.6. The predicted octanol–water partition coefficient (Wildman–Crippen LogP) is 36.5. The number of para-hydroxylation sites is 8. The lowest BCUT2D eigenvalue weighted by Gasteiger charge is -2.29. The molecule has 1 N–H and O–H groups in total. The lowest BCUT2D eigenvalue weighted by molar-refractivity contribution is 0.471. The van der Waals surface area contributed by atoms with Crippen molar-refractivity contribution in [2.45, 2.75) is 217 Å². The summed E-state index contributed by atoms with van der Waals surface area (Å²) in [7, 11) is 0. The van der Waals surface area contributed by atoms with E-state index in [1.165, 1.54) is 32.9 Å². The molecule has 0 atom stereocenters. The highest BCUT2D eigenvalue weighted by Gasteiger charge is 2.37. The van der Waals surface area contributed by atoms with Gasteiger partial charge in [0, 0.05) is 90.2 Å². The van der Waals surface area contributed by atoms with Crippen LogP contribution in [0.5, 0.6) is 17.2 Å². The normalized spacial score (nSPS) is 14.8. The Hall–Kier alpha value is -13.7. The van der Waals surface area contributed by atoms with Crippen molar-refractivity contribution in [3.05, 3.63) is 389 Å². The van der Waals surface area contributed by atoms with Gasteiger partial charge in [0.2, 0.25) is 0 Å². The van der Waals surface area contributed by atoms with E-state index in [0.717, 1.165) is 83.2 Å². The maximum atomic E-state index is 10.9. The minimum Gasteiger partial charge on any atom is -0.508 e. The molecule has 10 nitrogen and oxygen atoms in total. The van der Waals surface area contributed by atoms with Crippen LogP contribution >= 0.6 is 15.9 Å². The van der Waals surface area contributed by atoms with Crippen LogP contribution in [0.25, 0.3) is 99.8 Å². The number of aromatic hydroxyl groups is 1. The van der Waals surface area contributed by atoms with Crippen molar-refractivity contribution in [1.29, 1.82) is 0 Å². The molecule has 0 unspecified atom stereocenters. The van der Waals surface area contributed by atoms with Gasteiger partial charge in [0.05, 0.1) is 78.1 Å². The largest absolute Gasteiger partial charge is 0.508 e. The Kier molecular flexibility index (Phi) is 21.2. The second kappa shape index (κ2) is 37.4. The number of nitrogens with zero attached hydrogens (tertiary/aromatic N) is 8. The molecule has 712 valence electrons. The number of hydrogen-bond acceptors (Lipinski definition) is 8. The Balaban J connectivity index is 0.000000179. The van der Waals surface area contributed by atoms with Crippen molar-refractivity contribution in [2.75, 3.05) is 32.9 Å². The average Bonchev–Trinajstić information content (AvgIpc) is 1.60. The third-order valence-corrected chi connectivity index (χ3v) is 26.5. The van der Waals surface area contributed by atoms with E-state index in [2.05, 4.69) is 227 Å². The molecule has 0 saturated heterocycles. The average molecular weight is 1930 g/mol. The van der Waals surface area contributed by atoms with Gasteiger partial charge in [0.1, 0.15) is 42.2 Å². The summed E-state index contributed by atoms with van der Waals surface area (Å²) in [4.78, 5) is 17.8. The summed E-state index contributed by atoms with van der Waals surface area (Å²) in [6, 6.07) is 73.0. The van der Waals surface area contributed by atoms with Crippen molar-refractivity contribution in [3.63, 3.8) is 0 Å². The van der Waals surface area contributed by atoms with E-state index in [1.807, 2.05) is 183 Å². The SMILES string of the molecule is C.CC(C)(C)c1ccnc(-n2c3ccccc3c3cc(Br)ccc32)c1.[2H]c1c([2H])c(C(C)(C)C)c([2H])c([2H])c1-c1cccc(-c2c([2H])c([2H])c(C(C)(C)C)c([2H])c2[2H])c1N1CN(c2cc(O)cc(C(C)(C)C)c2)c2ccccc21.[2H]c1c([2H])c(C(C)(C)C)c([2H])c([2H])c1-c1cccc(-c2c([2H])c([2H])c(C(C)(C)C)c([2H])c2[2H])c1N1CN(c2cc(Oc3ccc4c5ccccc5n(-c5cc(C(C)(C)C)ccn5)c4c3)cc(C(C)(C)C)c2)c2ccccc21. The van der Waals surface area contributed by atoms with Gasteiger partial charge in [-0.05, 0) is 225 Å². The second-order valence-corrected chi connectivity index (χ2v) is 45.7. The zero-order chi connectivity index (χ0) is 112. The lowest BCUT2D eigenvalue weighted by Crippen LogP contribution is -2.25. The fraction of sp³-hybridized carbons (Fsp3) is 0.271. The molecule has 0 radical (unpaired) electrons. The van der Waals surface area contributed by atoms with E-state index in [0.29, 0.717) is 67.4 Å². The molecule has 0 bridgehead atoms. The molecule has 2 aliphatic rings. The van der Waals surface area contributed by atoms with Gasteiger partial charge in [0.25, 0.3) is 0 Å². The topological polar surface area (TPSA) is 78.1 Å². The van der Waals surface area contributed by atoms with E-state index in [-0.39, 0.29) is 167 Å². The summed E-state index contributed by atoms with van der Waals surface area (Å²) in [6.45, 7) is 48.7. The molecule has 0 fully saturated rings. The second-order valence-electron chi connectivity index (χ2n) is 44.8. The van der Waals surface area contributed by atoms with E-state index < -0.39 is 21.7 Å². The van der Waals surface area contributed by atoms with Gasteiger partial charge in [0.15, 0.2) is 0 Å². The summed E-state index contributed by atoms with van der Waals surface area (Å²) in [5.74, 6) is 3.15. The Morgan fingerprint density at radius 1 is 0.279 bits per heavy atom. The van der Waals surface area contributed by atoms with Gasteiger partial charge in [-0.2, -0.15) is 0 Å². The maximum absolute atomic E-state index is 10.9. The molecule has 18 aromatic rings. The fourth-order valence-electron chi connectivity index (χ4n) is 18.0. The van der Waals surface area contributed by atoms with E-state index >= 15 is 0 Å². The number of anilines is 8. The number of fused-ring (bicyclic) bond motifs is 8. The fourth-order valence-corrected chi connectivity index (χ4v) is 18.4. The Labute approximate surface area is 862 Å². The molecule has 11 heteroatoms. The van der Waals surface area contributed by atoms with E-state index in [4.69, 9.17) is 15.2 Å². The van der Waals surface area contributed by atoms with E-state index in [1.54, 1.807) is 48.5 Å². The third kappa shape index (κ3) is 19.9. The van der Waals surface area contributed by atoms with Crippen LogP contribution in [-0.4, -0.2) is 37.5 Å². The van der Waals surface area contributed by atoms with Gasteiger partial charge in [-0.3, -0.25) is 9.13 Å². The number of phenolic OH excluding ortho intramolecular Hbond substituents is 1. The number of benzene rings is 14. The van der Waals surface area contributed by atoms with Crippen LogP contribution in [0.15, 0.2) is 344 Å². The minimum absolute atomic E-state index is 0. The maximum Gasteiger partial charge on any atom is 0.137 e. The lowest BCUT2D eigenvalue weighted by atomic mass is 9.85. The van der Waals surface area contributed by atoms with E-state index in [9.17, 15) is 21.6 Å². The van der Waals surface area contributed by atoms with Crippen LogP contribution < -0.4 is 24.3 Å². The Morgan fingerprint density at radius 2 is 0.607 bits per heavy atom. The first-order chi connectivity index (χ1) is 72.5. The van der Waals surface area contributed by atoms with Crippen molar-refractivity contribution in [3.8, 4) is 73.4 Å². The molecule has 0 aliphatic carbocycles. The first kappa shape index (κ1) is 79.1. The number of halogens is 1. The van der Waals surface area contributed by atoms with Crippen molar-refractivity contribution >= 4 is 105 Å². The Morgan fingerprint density at radius 3 is 0.993 bits per heavy atom. The van der Waals surface area contributed by atoms with Gasteiger partial charge >= 0.3 is 0 Å². The van der Waals surface area contributed by atoms with Crippen molar-refractivity contribution < 1.29 is 31.8 Å². The third-order valence-electron chi connectivity index (χ3n) is 26.0. The van der Waals surface area contributed by atoms with Crippen LogP contribution in [-0.2, 0) is 43.3 Å². The zero-order valence-corrected chi connectivity index (χ0v) is 85.9. The molecule has 0 amide bonds. The number of pyridine rings is 2.